The maximum atomic E-state index is 2.34. The van der Waals surface area contributed by atoms with Crippen LogP contribution in [0.1, 0.15) is 34.1 Å². The minimum Gasteiger partial charge on any atom is -0.238 e. The van der Waals surface area contributed by atoms with Gasteiger partial charge >= 0.3 is 0 Å². The van der Waals surface area contributed by atoms with Crippen LogP contribution in [0.25, 0.3) is 0 Å². The molecule has 0 saturated heterocycles. The highest BCUT2D eigenvalue weighted by molar-refractivity contribution is 5.47. The molecule has 0 aliphatic heterocycles. The molecule has 0 heterocycles. The molecule has 0 aromatic rings. The molecule has 2 unspecified atom stereocenters. The lowest BCUT2D eigenvalue weighted by atomic mass is 9.97. The first-order valence-corrected chi connectivity index (χ1v) is 4.52. The Morgan fingerprint density at radius 2 is 1.91 bits per heavy atom. The summed E-state index contributed by atoms with van der Waals surface area (Å²) in [5.41, 5.74) is 0.369. The van der Waals surface area contributed by atoms with E-state index in [1.807, 2.05) is 0 Å². The first-order chi connectivity index (χ1) is 5.00. The molecule has 0 bridgehead atoms. The second-order valence-corrected chi connectivity index (χ2v) is 4.34. The van der Waals surface area contributed by atoms with Gasteiger partial charge in [0.25, 0.3) is 0 Å². The van der Waals surface area contributed by atoms with Crippen LogP contribution >= 0.6 is 0 Å². The van der Waals surface area contributed by atoms with E-state index in [-0.39, 0.29) is 0 Å². The van der Waals surface area contributed by atoms with Gasteiger partial charge in [0.2, 0.25) is 0 Å². The van der Waals surface area contributed by atoms with Crippen LogP contribution in [-0.2, 0) is 0 Å². The summed E-state index contributed by atoms with van der Waals surface area (Å²) in [7, 11) is 2.17. The molecule has 1 rings (SSSR count). The van der Waals surface area contributed by atoms with Crippen molar-refractivity contribution in [3.63, 3.8) is 0 Å². The fraction of sp³-hybridized carbons (Fsp3) is 0.900. The summed E-state index contributed by atoms with van der Waals surface area (Å²) in [4.78, 5) is 0. The molecule has 1 heteroatoms. The first kappa shape index (κ1) is 8.76. The van der Waals surface area contributed by atoms with Crippen molar-refractivity contribution in [1.82, 2.24) is 0 Å². The monoisotopic (exact) mass is 154 g/mol. The average Bonchev–Trinajstić information content (AvgIpc) is 2.65. The molecule has 0 spiro atoms. The van der Waals surface area contributed by atoms with Crippen molar-refractivity contribution in [2.24, 2.45) is 11.8 Å². The van der Waals surface area contributed by atoms with E-state index in [2.05, 4.69) is 45.5 Å². The Kier molecular flexibility index (Phi) is 2.08. The van der Waals surface area contributed by atoms with Gasteiger partial charge in [0.1, 0.15) is 13.3 Å². The van der Waals surface area contributed by atoms with E-state index in [4.69, 9.17) is 0 Å². The second-order valence-electron chi connectivity index (χ2n) is 4.34. The largest absolute Gasteiger partial charge is 0.238 e. The predicted octanol–water partition coefficient (Wildman–Crippen LogP) is 2.15. The number of nitrogens with zero attached hydrogens (tertiary/aromatic N) is 1. The molecule has 0 aromatic heterocycles. The lowest BCUT2D eigenvalue weighted by Gasteiger charge is -2.20. The molecule has 0 aromatic carbocycles. The number of hydrogen-bond acceptors (Lipinski definition) is 0. The van der Waals surface area contributed by atoms with Gasteiger partial charge in [-0.2, -0.15) is 0 Å². The summed E-state index contributed by atoms with van der Waals surface area (Å²) in [6.45, 7) is 9.12. The third-order valence-corrected chi connectivity index (χ3v) is 3.31. The SMILES string of the molecule is CC=[N+](C)C(C)(C)C1CC1C. The molecule has 0 radical (unpaired) electrons. The van der Waals surface area contributed by atoms with Crippen molar-refractivity contribution < 1.29 is 4.58 Å². The zero-order chi connectivity index (χ0) is 8.65. The topological polar surface area (TPSA) is 3.01 Å². The van der Waals surface area contributed by atoms with Crippen LogP contribution in [0.4, 0.5) is 0 Å². The molecule has 0 amide bonds. The standard InChI is InChI=1S/C10H20N/c1-6-11(5)10(3,4)9-7-8(9)2/h6,8-9H,7H2,1-5H3/q+1. The van der Waals surface area contributed by atoms with Gasteiger partial charge in [0, 0.05) is 26.7 Å². The third-order valence-electron chi connectivity index (χ3n) is 3.31. The van der Waals surface area contributed by atoms with Gasteiger partial charge in [-0.25, -0.2) is 4.58 Å². The molecule has 1 fully saturated rings. The van der Waals surface area contributed by atoms with E-state index in [1.165, 1.54) is 6.42 Å². The lowest BCUT2D eigenvalue weighted by molar-refractivity contribution is -0.577. The van der Waals surface area contributed by atoms with Gasteiger partial charge < -0.3 is 0 Å². The van der Waals surface area contributed by atoms with E-state index in [0.717, 1.165) is 11.8 Å². The zero-order valence-electron chi connectivity index (χ0n) is 8.39. The molecule has 1 aliphatic rings. The van der Waals surface area contributed by atoms with E-state index in [9.17, 15) is 0 Å². The minimum atomic E-state index is 0.369. The molecular formula is C10H20N+. The molecule has 11 heavy (non-hydrogen) atoms. The van der Waals surface area contributed by atoms with Crippen LogP contribution in [0.3, 0.4) is 0 Å². The van der Waals surface area contributed by atoms with Gasteiger partial charge in [-0.15, -0.1) is 0 Å². The van der Waals surface area contributed by atoms with Gasteiger partial charge in [-0.1, -0.05) is 6.92 Å². The Labute approximate surface area is 70.1 Å². The van der Waals surface area contributed by atoms with Crippen LogP contribution in [0.15, 0.2) is 0 Å². The van der Waals surface area contributed by atoms with Gasteiger partial charge in [-0.05, 0) is 12.3 Å². The van der Waals surface area contributed by atoms with E-state index in [1.54, 1.807) is 0 Å². The quantitative estimate of drug-likeness (QED) is 0.423. The van der Waals surface area contributed by atoms with Crippen molar-refractivity contribution in [2.45, 2.75) is 39.7 Å². The third kappa shape index (κ3) is 1.47. The van der Waals surface area contributed by atoms with Crippen LogP contribution in [0, 0.1) is 11.8 Å². The molecular weight excluding hydrogens is 134 g/mol. The van der Waals surface area contributed by atoms with Crippen molar-refractivity contribution in [1.29, 1.82) is 0 Å². The Balaban J connectivity index is 2.67. The highest BCUT2D eigenvalue weighted by atomic mass is 15.1. The molecule has 0 N–H and O–H groups in total. The second kappa shape index (κ2) is 2.62. The van der Waals surface area contributed by atoms with Crippen LogP contribution in [-0.4, -0.2) is 23.4 Å². The first-order valence-electron chi connectivity index (χ1n) is 4.52. The Bertz CT molecular complexity index is 179. The van der Waals surface area contributed by atoms with E-state index < -0.39 is 0 Å². The highest BCUT2D eigenvalue weighted by Crippen LogP contribution is 2.46. The van der Waals surface area contributed by atoms with Crippen molar-refractivity contribution >= 4 is 6.21 Å². The normalized spacial score (nSPS) is 32.3. The summed E-state index contributed by atoms with van der Waals surface area (Å²) in [5, 5.41) is 0. The van der Waals surface area contributed by atoms with Crippen LogP contribution in [0.5, 0.6) is 0 Å². The van der Waals surface area contributed by atoms with Crippen LogP contribution < -0.4 is 0 Å². The number of hydrogen-bond donors (Lipinski definition) is 0. The maximum absolute atomic E-state index is 2.34. The van der Waals surface area contributed by atoms with Crippen molar-refractivity contribution in [2.75, 3.05) is 7.05 Å². The van der Waals surface area contributed by atoms with Gasteiger partial charge in [0.05, 0.1) is 0 Å². The predicted molar refractivity (Wildman–Crippen MR) is 49.3 cm³/mol. The van der Waals surface area contributed by atoms with Gasteiger partial charge in [-0.3, -0.25) is 0 Å². The molecule has 64 valence electrons. The highest BCUT2D eigenvalue weighted by Gasteiger charge is 2.50. The molecule has 1 nitrogen and oxygen atoms in total. The summed E-state index contributed by atoms with van der Waals surface area (Å²) in [6, 6.07) is 0. The number of rotatable bonds is 2. The lowest BCUT2D eigenvalue weighted by Crippen LogP contribution is -2.36. The molecule has 1 saturated carbocycles. The van der Waals surface area contributed by atoms with E-state index in [0.29, 0.717) is 5.54 Å². The van der Waals surface area contributed by atoms with Crippen molar-refractivity contribution in [3.05, 3.63) is 0 Å². The van der Waals surface area contributed by atoms with E-state index >= 15 is 0 Å². The average molecular weight is 154 g/mol. The molecule has 2 atom stereocenters. The Morgan fingerprint density at radius 1 is 1.45 bits per heavy atom. The molecule has 1 aliphatic carbocycles. The Morgan fingerprint density at radius 3 is 2.18 bits per heavy atom. The minimum absolute atomic E-state index is 0.369. The summed E-state index contributed by atoms with van der Waals surface area (Å²) >= 11 is 0. The van der Waals surface area contributed by atoms with Gasteiger partial charge in [0.15, 0.2) is 5.54 Å². The fourth-order valence-corrected chi connectivity index (χ4v) is 1.90. The Hall–Kier alpha value is -0.330. The fourth-order valence-electron chi connectivity index (χ4n) is 1.90. The van der Waals surface area contributed by atoms with Crippen LogP contribution in [0.2, 0.25) is 0 Å². The maximum Gasteiger partial charge on any atom is 0.159 e. The smallest absolute Gasteiger partial charge is 0.159 e. The van der Waals surface area contributed by atoms with Crippen molar-refractivity contribution in [3.8, 4) is 0 Å². The summed E-state index contributed by atoms with van der Waals surface area (Å²) in [6.07, 6.45) is 3.58. The summed E-state index contributed by atoms with van der Waals surface area (Å²) in [5.74, 6) is 1.84. The summed E-state index contributed by atoms with van der Waals surface area (Å²) < 4.78 is 2.33. The zero-order valence-corrected chi connectivity index (χ0v) is 8.39.